The van der Waals surface area contributed by atoms with Gasteiger partial charge in [0.2, 0.25) is 0 Å². The molecule has 1 unspecified atom stereocenters. The third-order valence-electron chi connectivity index (χ3n) is 2.63. The summed E-state index contributed by atoms with van der Waals surface area (Å²) in [5, 5.41) is 0. The van der Waals surface area contributed by atoms with Gasteiger partial charge in [0.05, 0.1) is 19.8 Å². The lowest BCUT2D eigenvalue weighted by atomic mass is 10.00. The van der Waals surface area contributed by atoms with Crippen LogP contribution in [0.15, 0.2) is 24.3 Å². The molecule has 0 spiro atoms. The first-order chi connectivity index (χ1) is 7.42. The fraction of sp³-hybridized carbons (Fsp3) is 0.500. The minimum absolute atomic E-state index is 0.0847. The Morgan fingerprint density at radius 3 is 2.87 bits per heavy atom. The van der Waals surface area contributed by atoms with Crippen molar-refractivity contribution in [2.45, 2.75) is 12.5 Å². The van der Waals surface area contributed by atoms with E-state index in [2.05, 4.69) is 12.1 Å². The highest BCUT2D eigenvalue weighted by atomic mass is 16.6. The summed E-state index contributed by atoms with van der Waals surface area (Å²) in [7, 11) is 0. The molecule has 15 heavy (non-hydrogen) atoms. The maximum Gasteiger partial charge on any atom is 0.106 e. The summed E-state index contributed by atoms with van der Waals surface area (Å²) >= 11 is 0. The summed E-state index contributed by atoms with van der Waals surface area (Å²) in [5.74, 6) is 0. The first-order valence-corrected chi connectivity index (χ1v) is 5.39. The lowest BCUT2D eigenvalue weighted by molar-refractivity contribution is -0.0904. The predicted octanol–water partition coefficient (Wildman–Crippen LogP) is 1.28. The number of rotatable bonds is 3. The average molecular weight is 207 g/mol. The molecule has 1 aliphatic rings. The van der Waals surface area contributed by atoms with Crippen molar-refractivity contribution >= 4 is 0 Å². The summed E-state index contributed by atoms with van der Waals surface area (Å²) in [5.41, 5.74) is 8.09. The quantitative estimate of drug-likeness (QED) is 0.812. The molecule has 2 N–H and O–H groups in total. The Kier molecular flexibility index (Phi) is 3.72. The fourth-order valence-corrected chi connectivity index (χ4v) is 1.90. The van der Waals surface area contributed by atoms with Gasteiger partial charge in [-0.05, 0) is 24.1 Å². The van der Waals surface area contributed by atoms with Crippen LogP contribution in [0.5, 0.6) is 0 Å². The van der Waals surface area contributed by atoms with E-state index in [4.69, 9.17) is 15.2 Å². The first-order valence-electron chi connectivity index (χ1n) is 5.39. The SMILES string of the molecule is NCCc1ccccc1C1COCCO1. The van der Waals surface area contributed by atoms with Crippen LogP contribution in [-0.4, -0.2) is 26.4 Å². The number of ether oxygens (including phenoxy) is 2. The number of hydrogen-bond acceptors (Lipinski definition) is 3. The first kappa shape index (κ1) is 10.6. The molecule has 0 aromatic heterocycles. The molecule has 3 heteroatoms. The van der Waals surface area contributed by atoms with Gasteiger partial charge in [0, 0.05) is 0 Å². The molecular formula is C12H17NO2. The summed E-state index contributed by atoms with van der Waals surface area (Å²) in [4.78, 5) is 0. The Bertz CT molecular complexity index is 308. The van der Waals surface area contributed by atoms with Crippen molar-refractivity contribution in [3.8, 4) is 0 Å². The van der Waals surface area contributed by atoms with E-state index in [-0.39, 0.29) is 6.10 Å². The second-order valence-electron chi connectivity index (χ2n) is 3.67. The van der Waals surface area contributed by atoms with Crippen molar-refractivity contribution in [2.75, 3.05) is 26.4 Å². The molecule has 1 heterocycles. The highest BCUT2D eigenvalue weighted by molar-refractivity contribution is 5.29. The van der Waals surface area contributed by atoms with Crippen molar-refractivity contribution in [2.24, 2.45) is 5.73 Å². The van der Waals surface area contributed by atoms with E-state index in [1.54, 1.807) is 0 Å². The Morgan fingerprint density at radius 2 is 2.13 bits per heavy atom. The van der Waals surface area contributed by atoms with Crippen molar-refractivity contribution in [1.82, 2.24) is 0 Å². The summed E-state index contributed by atoms with van der Waals surface area (Å²) in [6, 6.07) is 8.29. The van der Waals surface area contributed by atoms with E-state index >= 15 is 0 Å². The zero-order valence-corrected chi connectivity index (χ0v) is 8.82. The molecule has 0 bridgehead atoms. The van der Waals surface area contributed by atoms with Crippen LogP contribution in [-0.2, 0) is 15.9 Å². The third-order valence-corrected chi connectivity index (χ3v) is 2.63. The van der Waals surface area contributed by atoms with Gasteiger partial charge < -0.3 is 15.2 Å². The summed E-state index contributed by atoms with van der Waals surface area (Å²) in [6.07, 6.45) is 0.984. The van der Waals surface area contributed by atoms with Crippen LogP contribution in [0, 0.1) is 0 Å². The largest absolute Gasteiger partial charge is 0.376 e. The highest BCUT2D eigenvalue weighted by Crippen LogP contribution is 2.24. The highest BCUT2D eigenvalue weighted by Gasteiger charge is 2.18. The van der Waals surface area contributed by atoms with Gasteiger partial charge >= 0.3 is 0 Å². The Labute approximate surface area is 90.2 Å². The van der Waals surface area contributed by atoms with Crippen molar-refractivity contribution in [3.63, 3.8) is 0 Å². The van der Waals surface area contributed by atoms with Crippen molar-refractivity contribution in [1.29, 1.82) is 0 Å². The molecule has 0 amide bonds. The monoisotopic (exact) mass is 207 g/mol. The van der Waals surface area contributed by atoms with Gasteiger partial charge in [-0.3, -0.25) is 0 Å². The Hall–Kier alpha value is -0.900. The molecule has 3 nitrogen and oxygen atoms in total. The van der Waals surface area contributed by atoms with Crippen LogP contribution in [0.4, 0.5) is 0 Å². The molecule has 1 aromatic rings. The zero-order valence-electron chi connectivity index (χ0n) is 8.82. The fourth-order valence-electron chi connectivity index (χ4n) is 1.90. The second-order valence-corrected chi connectivity index (χ2v) is 3.67. The van der Waals surface area contributed by atoms with Crippen molar-refractivity contribution in [3.05, 3.63) is 35.4 Å². The minimum Gasteiger partial charge on any atom is -0.376 e. The summed E-state index contributed by atoms with van der Waals surface area (Å²) < 4.78 is 11.1. The van der Waals surface area contributed by atoms with E-state index in [1.807, 2.05) is 12.1 Å². The lowest BCUT2D eigenvalue weighted by Crippen LogP contribution is -2.23. The standard InChI is InChI=1S/C12H17NO2/c13-6-5-10-3-1-2-4-11(10)12-9-14-7-8-15-12/h1-4,12H,5-9,13H2. The van der Waals surface area contributed by atoms with Crippen LogP contribution in [0.3, 0.4) is 0 Å². The van der Waals surface area contributed by atoms with Crippen LogP contribution in [0.1, 0.15) is 17.2 Å². The Balaban J connectivity index is 2.17. The van der Waals surface area contributed by atoms with Crippen LogP contribution in [0.25, 0.3) is 0 Å². The molecule has 1 fully saturated rings. The molecule has 1 saturated heterocycles. The van der Waals surface area contributed by atoms with Gasteiger partial charge in [-0.25, -0.2) is 0 Å². The lowest BCUT2D eigenvalue weighted by Gasteiger charge is -2.25. The zero-order chi connectivity index (χ0) is 10.5. The predicted molar refractivity (Wildman–Crippen MR) is 58.7 cm³/mol. The van der Waals surface area contributed by atoms with E-state index in [0.29, 0.717) is 26.4 Å². The number of benzene rings is 1. The van der Waals surface area contributed by atoms with Crippen LogP contribution in [0.2, 0.25) is 0 Å². The topological polar surface area (TPSA) is 44.5 Å². The summed E-state index contributed by atoms with van der Waals surface area (Å²) in [6.45, 7) is 2.71. The molecule has 1 atom stereocenters. The molecular weight excluding hydrogens is 190 g/mol. The van der Waals surface area contributed by atoms with Gasteiger partial charge in [-0.1, -0.05) is 24.3 Å². The minimum atomic E-state index is 0.0847. The van der Waals surface area contributed by atoms with Gasteiger partial charge in [0.25, 0.3) is 0 Å². The molecule has 2 rings (SSSR count). The molecule has 0 saturated carbocycles. The van der Waals surface area contributed by atoms with Crippen molar-refractivity contribution < 1.29 is 9.47 Å². The van der Waals surface area contributed by atoms with E-state index in [9.17, 15) is 0 Å². The van der Waals surface area contributed by atoms with Gasteiger partial charge in [0.1, 0.15) is 6.10 Å². The smallest absolute Gasteiger partial charge is 0.106 e. The molecule has 1 aromatic carbocycles. The molecule has 0 radical (unpaired) electrons. The second kappa shape index (κ2) is 5.26. The van der Waals surface area contributed by atoms with E-state index in [1.165, 1.54) is 11.1 Å². The normalized spacial score (nSPS) is 21.5. The van der Waals surface area contributed by atoms with E-state index < -0.39 is 0 Å². The molecule has 82 valence electrons. The van der Waals surface area contributed by atoms with Gasteiger partial charge in [0.15, 0.2) is 0 Å². The average Bonchev–Trinajstić information content (AvgIpc) is 2.31. The third kappa shape index (κ3) is 2.56. The number of hydrogen-bond donors (Lipinski definition) is 1. The van der Waals surface area contributed by atoms with E-state index in [0.717, 1.165) is 6.42 Å². The Morgan fingerprint density at radius 1 is 1.27 bits per heavy atom. The molecule has 1 aliphatic heterocycles. The maximum absolute atomic E-state index is 5.69. The van der Waals surface area contributed by atoms with Gasteiger partial charge in [-0.2, -0.15) is 0 Å². The molecule has 0 aliphatic carbocycles. The van der Waals surface area contributed by atoms with Crippen LogP contribution >= 0.6 is 0 Å². The van der Waals surface area contributed by atoms with Gasteiger partial charge in [-0.15, -0.1) is 0 Å². The maximum atomic E-state index is 5.69. The van der Waals surface area contributed by atoms with Crippen LogP contribution < -0.4 is 5.73 Å². The number of nitrogens with two attached hydrogens (primary N) is 1.